The van der Waals surface area contributed by atoms with E-state index < -0.39 is 6.10 Å². The maximum Gasteiger partial charge on any atom is 0.144 e. The van der Waals surface area contributed by atoms with Crippen molar-refractivity contribution >= 4 is 5.71 Å². The second-order valence-electron chi connectivity index (χ2n) is 3.88. The van der Waals surface area contributed by atoms with Crippen molar-refractivity contribution in [1.82, 2.24) is 5.32 Å². The van der Waals surface area contributed by atoms with Crippen molar-refractivity contribution in [3.8, 4) is 0 Å². The van der Waals surface area contributed by atoms with E-state index in [2.05, 4.69) is 10.5 Å². The maximum atomic E-state index is 9.50. The first-order valence-corrected chi connectivity index (χ1v) is 5.69. The highest BCUT2D eigenvalue weighted by Gasteiger charge is 2.05. The van der Waals surface area contributed by atoms with Gasteiger partial charge in [-0.3, -0.25) is 0 Å². The standard InChI is InChI=1S/C11H24N2O2/c1-5-10(6-2)13-15-8-11(14)7-12-9(3)4/h9,11-12,14H,5-8H2,1-4H3. The van der Waals surface area contributed by atoms with Crippen molar-refractivity contribution in [3.05, 3.63) is 0 Å². The summed E-state index contributed by atoms with van der Waals surface area (Å²) < 4.78 is 0. The quantitative estimate of drug-likeness (QED) is 0.478. The molecule has 0 aliphatic heterocycles. The monoisotopic (exact) mass is 216 g/mol. The lowest BCUT2D eigenvalue weighted by Gasteiger charge is -2.13. The molecule has 0 radical (unpaired) electrons. The van der Waals surface area contributed by atoms with Crippen LogP contribution in [-0.4, -0.2) is 36.1 Å². The second-order valence-corrected chi connectivity index (χ2v) is 3.88. The van der Waals surface area contributed by atoms with Crippen molar-refractivity contribution < 1.29 is 9.94 Å². The van der Waals surface area contributed by atoms with Crippen LogP contribution >= 0.6 is 0 Å². The Balaban J connectivity index is 3.61. The molecule has 0 saturated heterocycles. The van der Waals surface area contributed by atoms with E-state index in [1.165, 1.54) is 0 Å². The Bertz CT molecular complexity index is 175. The zero-order valence-corrected chi connectivity index (χ0v) is 10.3. The lowest BCUT2D eigenvalue weighted by atomic mass is 10.2. The van der Waals surface area contributed by atoms with Gasteiger partial charge in [-0.1, -0.05) is 32.9 Å². The fourth-order valence-electron chi connectivity index (χ4n) is 1.02. The van der Waals surface area contributed by atoms with Crippen LogP contribution in [0.15, 0.2) is 5.16 Å². The number of hydrogen-bond donors (Lipinski definition) is 2. The van der Waals surface area contributed by atoms with E-state index in [1.807, 2.05) is 27.7 Å². The van der Waals surface area contributed by atoms with Gasteiger partial charge in [-0.05, 0) is 12.8 Å². The van der Waals surface area contributed by atoms with Crippen LogP contribution in [-0.2, 0) is 4.84 Å². The van der Waals surface area contributed by atoms with Crippen LogP contribution in [0.4, 0.5) is 0 Å². The molecular formula is C11H24N2O2. The van der Waals surface area contributed by atoms with Gasteiger partial charge in [0, 0.05) is 12.6 Å². The fourth-order valence-corrected chi connectivity index (χ4v) is 1.02. The summed E-state index contributed by atoms with van der Waals surface area (Å²) in [6.07, 6.45) is 1.30. The minimum atomic E-state index is -0.494. The third kappa shape index (κ3) is 8.39. The largest absolute Gasteiger partial charge is 0.393 e. The minimum Gasteiger partial charge on any atom is -0.393 e. The van der Waals surface area contributed by atoms with E-state index in [1.54, 1.807) is 0 Å². The van der Waals surface area contributed by atoms with Gasteiger partial charge in [-0.2, -0.15) is 0 Å². The summed E-state index contributed by atoms with van der Waals surface area (Å²) in [5, 5.41) is 16.6. The number of oxime groups is 1. The van der Waals surface area contributed by atoms with Crippen molar-refractivity contribution in [2.24, 2.45) is 5.16 Å². The maximum absolute atomic E-state index is 9.50. The summed E-state index contributed by atoms with van der Waals surface area (Å²) >= 11 is 0. The van der Waals surface area contributed by atoms with Crippen LogP contribution in [0.2, 0.25) is 0 Å². The molecule has 0 aliphatic carbocycles. The van der Waals surface area contributed by atoms with Crippen LogP contribution in [0.1, 0.15) is 40.5 Å². The molecule has 0 aliphatic rings. The van der Waals surface area contributed by atoms with Crippen LogP contribution in [0.25, 0.3) is 0 Å². The normalized spacial score (nSPS) is 12.7. The van der Waals surface area contributed by atoms with Gasteiger partial charge in [-0.15, -0.1) is 0 Å². The summed E-state index contributed by atoms with van der Waals surface area (Å²) in [6.45, 7) is 8.96. The van der Waals surface area contributed by atoms with Crippen molar-refractivity contribution in [1.29, 1.82) is 0 Å². The van der Waals surface area contributed by atoms with E-state index in [-0.39, 0.29) is 6.61 Å². The van der Waals surface area contributed by atoms with Gasteiger partial charge in [0.25, 0.3) is 0 Å². The van der Waals surface area contributed by atoms with Crippen molar-refractivity contribution in [2.45, 2.75) is 52.7 Å². The predicted molar refractivity (Wildman–Crippen MR) is 63.1 cm³/mol. The number of rotatable bonds is 8. The Labute approximate surface area is 92.7 Å². The number of nitrogens with zero attached hydrogens (tertiary/aromatic N) is 1. The highest BCUT2D eigenvalue weighted by atomic mass is 16.6. The molecule has 0 rings (SSSR count). The molecular weight excluding hydrogens is 192 g/mol. The Hall–Kier alpha value is -0.610. The molecule has 15 heavy (non-hydrogen) atoms. The molecule has 0 amide bonds. The van der Waals surface area contributed by atoms with Crippen LogP contribution in [0.3, 0.4) is 0 Å². The molecule has 0 heterocycles. The summed E-state index contributed by atoms with van der Waals surface area (Å²) in [6, 6.07) is 0.380. The SMILES string of the molecule is CCC(CC)=NOCC(O)CNC(C)C. The van der Waals surface area contributed by atoms with Crippen LogP contribution in [0.5, 0.6) is 0 Å². The van der Waals surface area contributed by atoms with Crippen LogP contribution in [0, 0.1) is 0 Å². The Morgan fingerprint density at radius 1 is 1.33 bits per heavy atom. The molecule has 0 aromatic carbocycles. The lowest BCUT2D eigenvalue weighted by Crippen LogP contribution is -2.34. The molecule has 1 atom stereocenters. The molecule has 0 aromatic heterocycles. The van der Waals surface area contributed by atoms with E-state index in [0.717, 1.165) is 18.6 Å². The Kier molecular flexibility index (Phi) is 8.33. The number of aliphatic hydroxyl groups excluding tert-OH is 1. The number of hydrogen-bond acceptors (Lipinski definition) is 4. The molecule has 0 bridgehead atoms. The van der Waals surface area contributed by atoms with Gasteiger partial charge in [-0.25, -0.2) is 0 Å². The predicted octanol–water partition coefficient (Wildman–Crippen LogP) is 1.54. The van der Waals surface area contributed by atoms with E-state index in [4.69, 9.17) is 4.84 Å². The molecule has 2 N–H and O–H groups in total. The topological polar surface area (TPSA) is 53.9 Å². The average molecular weight is 216 g/mol. The summed E-state index contributed by atoms with van der Waals surface area (Å²) in [7, 11) is 0. The van der Waals surface area contributed by atoms with Gasteiger partial charge in [0.2, 0.25) is 0 Å². The summed E-state index contributed by atoms with van der Waals surface area (Å²) in [5.74, 6) is 0. The Morgan fingerprint density at radius 2 is 1.93 bits per heavy atom. The molecule has 0 fully saturated rings. The molecule has 0 aromatic rings. The summed E-state index contributed by atoms with van der Waals surface area (Å²) in [5.41, 5.74) is 1.03. The van der Waals surface area contributed by atoms with E-state index in [9.17, 15) is 5.11 Å². The Morgan fingerprint density at radius 3 is 2.40 bits per heavy atom. The van der Waals surface area contributed by atoms with E-state index in [0.29, 0.717) is 12.6 Å². The zero-order valence-electron chi connectivity index (χ0n) is 10.3. The molecule has 4 nitrogen and oxygen atoms in total. The lowest BCUT2D eigenvalue weighted by molar-refractivity contribution is 0.0390. The van der Waals surface area contributed by atoms with E-state index >= 15 is 0 Å². The molecule has 0 spiro atoms. The van der Waals surface area contributed by atoms with Gasteiger partial charge < -0.3 is 15.3 Å². The molecule has 4 heteroatoms. The second kappa shape index (κ2) is 8.68. The third-order valence-electron chi connectivity index (χ3n) is 2.04. The number of aliphatic hydroxyl groups is 1. The zero-order chi connectivity index (χ0) is 11.7. The van der Waals surface area contributed by atoms with Gasteiger partial charge in [0.15, 0.2) is 0 Å². The smallest absolute Gasteiger partial charge is 0.144 e. The van der Waals surface area contributed by atoms with Crippen molar-refractivity contribution in [2.75, 3.05) is 13.2 Å². The first-order chi connectivity index (χ1) is 7.10. The van der Waals surface area contributed by atoms with Crippen LogP contribution < -0.4 is 5.32 Å². The number of nitrogens with one attached hydrogen (secondary N) is 1. The van der Waals surface area contributed by atoms with Crippen molar-refractivity contribution in [3.63, 3.8) is 0 Å². The fraction of sp³-hybridized carbons (Fsp3) is 0.909. The highest BCUT2D eigenvalue weighted by molar-refractivity contribution is 5.83. The van der Waals surface area contributed by atoms with Gasteiger partial charge in [0.1, 0.15) is 12.7 Å². The first-order valence-electron chi connectivity index (χ1n) is 5.69. The molecule has 90 valence electrons. The first kappa shape index (κ1) is 14.4. The average Bonchev–Trinajstić information content (AvgIpc) is 2.21. The molecule has 0 saturated carbocycles. The minimum absolute atomic E-state index is 0.253. The third-order valence-corrected chi connectivity index (χ3v) is 2.04. The van der Waals surface area contributed by atoms with Gasteiger partial charge >= 0.3 is 0 Å². The highest BCUT2D eigenvalue weighted by Crippen LogP contribution is 1.94. The molecule has 1 unspecified atom stereocenters. The summed E-state index contributed by atoms with van der Waals surface area (Å²) in [4.78, 5) is 5.07. The van der Waals surface area contributed by atoms with Gasteiger partial charge in [0.05, 0.1) is 5.71 Å².